The predicted octanol–water partition coefficient (Wildman–Crippen LogP) is 1.69. The first-order valence-electron chi connectivity index (χ1n) is 6.34. The summed E-state index contributed by atoms with van der Waals surface area (Å²) in [6.45, 7) is 2.01. The number of methoxy groups -OCH3 is 1. The van der Waals surface area contributed by atoms with E-state index in [1.165, 1.54) is 20.1 Å². The molecule has 1 aromatic rings. The van der Waals surface area contributed by atoms with Crippen molar-refractivity contribution >= 4 is 34.1 Å². The van der Waals surface area contributed by atoms with Gasteiger partial charge in [-0.05, 0) is 44.6 Å². The van der Waals surface area contributed by atoms with E-state index in [2.05, 4.69) is 14.8 Å². The Morgan fingerprint density at radius 3 is 2.55 bits per heavy atom. The lowest BCUT2D eigenvalue weighted by atomic mass is 10.1. The largest absolute Gasteiger partial charge is 0.465 e. The number of rotatable bonds is 7. The second-order valence-electron chi connectivity index (χ2n) is 4.52. The molecule has 0 atom stereocenters. The van der Waals surface area contributed by atoms with Crippen molar-refractivity contribution in [2.45, 2.75) is 13.3 Å². The smallest absolute Gasteiger partial charge is 0.340 e. The molecule has 0 unspecified atom stereocenters. The standard InChI is InChI=1S/C13H19FN2O4S.ClH/c1-9-7-10(13(17)20-3)12(8-11(9)14)16-21(18,19)6-4-5-15-2;/h7-8,15-16H,4-6H2,1-3H3;1H. The highest BCUT2D eigenvalue weighted by Crippen LogP contribution is 2.22. The Labute approximate surface area is 135 Å². The van der Waals surface area contributed by atoms with Crippen molar-refractivity contribution < 1.29 is 22.3 Å². The highest BCUT2D eigenvalue weighted by molar-refractivity contribution is 7.92. The monoisotopic (exact) mass is 354 g/mol. The maximum Gasteiger partial charge on any atom is 0.340 e. The minimum Gasteiger partial charge on any atom is -0.465 e. The van der Waals surface area contributed by atoms with Gasteiger partial charge in [0.25, 0.3) is 0 Å². The van der Waals surface area contributed by atoms with Crippen molar-refractivity contribution in [3.63, 3.8) is 0 Å². The molecule has 22 heavy (non-hydrogen) atoms. The summed E-state index contributed by atoms with van der Waals surface area (Å²) >= 11 is 0. The van der Waals surface area contributed by atoms with Crippen molar-refractivity contribution in [1.82, 2.24) is 5.32 Å². The molecular formula is C13H20ClFN2O4S. The first-order valence-corrected chi connectivity index (χ1v) is 7.99. The molecule has 0 amide bonds. The molecule has 0 fully saturated rings. The van der Waals surface area contributed by atoms with Crippen LogP contribution in [0.1, 0.15) is 22.3 Å². The lowest BCUT2D eigenvalue weighted by Gasteiger charge is -2.13. The van der Waals surface area contributed by atoms with Gasteiger partial charge in [-0.15, -0.1) is 12.4 Å². The average molecular weight is 355 g/mol. The minimum atomic E-state index is -3.67. The highest BCUT2D eigenvalue weighted by Gasteiger charge is 2.19. The fourth-order valence-corrected chi connectivity index (χ4v) is 2.83. The number of hydrogen-bond acceptors (Lipinski definition) is 5. The normalized spacial score (nSPS) is 10.7. The zero-order chi connectivity index (χ0) is 16.0. The van der Waals surface area contributed by atoms with Gasteiger partial charge in [0.2, 0.25) is 10.0 Å². The third-order valence-corrected chi connectivity index (χ3v) is 4.17. The Bertz CT molecular complexity index is 623. The number of carbonyl (C=O) groups excluding carboxylic acids is 1. The summed E-state index contributed by atoms with van der Waals surface area (Å²) in [5, 5.41) is 2.83. The van der Waals surface area contributed by atoms with Crippen LogP contribution >= 0.6 is 12.4 Å². The van der Waals surface area contributed by atoms with Crippen LogP contribution in [0.4, 0.5) is 10.1 Å². The molecule has 0 aliphatic heterocycles. The van der Waals surface area contributed by atoms with Crippen LogP contribution in [-0.4, -0.2) is 40.8 Å². The van der Waals surface area contributed by atoms with Gasteiger partial charge in [0.05, 0.1) is 24.1 Å². The third kappa shape index (κ3) is 5.78. The molecule has 9 heteroatoms. The summed E-state index contributed by atoms with van der Waals surface area (Å²) in [6, 6.07) is 2.24. The molecule has 126 valence electrons. The van der Waals surface area contributed by atoms with Crippen LogP contribution in [0.5, 0.6) is 0 Å². The Kier molecular flexibility index (Phi) is 8.36. The van der Waals surface area contributed by atoms with Crippen molar-refractivity contribution in [3.05, 3.63) is 29.1 Å². The van der Waals surface area contributed by atoms with E-state index in [-0.39, 0.29) is 35.0 Å². The van der Waals surface area contributed by atoms with Gasteiger partial charge in [-0.3, -0.25) is 4.72 Å². The van der Waals surface area contributed by atoms with Gasteiger partial charge < -0.3 is 10.1 Å². The average Bonchev–Trinajstić information content (AvgIpc) is 2.41. The maximum absolute atomic E-state index is 13.6. The lowest BCUT2D eigenvalue weighted by molar-refractivity contribution is 0.0602. The van der Waals surface area contributed by atoms with Crippen LogP contribution in [0, 0.1) is 12.7 Å². The maximum atomic E-state index is 13.6. The summed E-state index contributed by atoms with van der Waals surface area (Å²) < 4.78 is 44.3. The Morgan fingerprint density at radius 2 is 2.00 bits per heavy atom. The van der Waals surface area contributed by atoms with Crippen molar-refractivity contribution in [1.29, 1.82) is 0 Å². The van der Waals surface area contributed by atoms with Crippen molar-refractivity contribution in [2.24, 2.45) is 0 Å². The van der Waals surface area contributed by atoms with Crippen LogP contribution in [0.15, 0.2) is 12.1 Å². The number of aryl methyl sites for hydroxylation is 1. The third-order valence-electron chi connectivity index (χ3n) is 2.81. The van der Waals surface area contributed by atoms with Gasteiger partial charge in [-0.25, -0.2) is 17.6 Å². The quantitative estimate of drug-likeness (QED) is 0.575. The van der Waals surface area contributed by atoms with E-state index in [1.807, 2.05) is 0 Å². The molecule has 0 aliphatic rings. The number of sulfonamides is 1. The number of halogens is 2. The van der Waals surface area contributed by atoms with Gasteiger partial charge in [-0.1, -0.05) is 0 Å². The van der Waals surface area contributed by atoms with E-state index >= 15 is 0 Å². The van der Waals surface area contributed by atoms with Crippen LogP contribution < -0.4 is 10.0 Å². The van der Waals surface area contributed by atoms with Gasteiger partial charge in [-0.2, -0.15) is 0 Å². The number of anilines is 1. The van der Waals surface area contributed by atoms with E-state index in [0.29, 0.717) is 13.0 Å². The van der Waals surface area contributed by atoms with E-state index in [4.69, 9.17) is 0 Å². The van der Waals surface area contributed by atoms with Crippen LogP contribution in [0.3, 0.4) is 0 Å². The molecule has 1 rings (SSSR count). The lowest BCUT2D eigenvalue weighted by Crippen LogP contribution is -2.22. The summed E-state index contributed by atoms with van der Waals surface area (Å²) in [5.41, 5.74) is 0.0940. The number of ether oxygens (including phenoxy) is 1. The van der Waals surface area contributed by atoms with Crippen LogP contribution in [0.2, 0.25) is 0 Å². The molecule has 0 spiro atoms. The Hall–Kier alpha value is -1.38. The second kappa shape index (κ2) is 8.92. The second-order valence-corrected chi connectivity index (χ2v) is 6.36. The van der Waals surface area contributed by atoms with Gasteiger partial charge in [0.1, 0.15) is 5.82 Å². The zero-order valence-corrected chi connectivity index (χ0v) is 14.2. The van der Waals surface area contributed by atoms with Gasteiger partial charge in [0.15, 0.2) is 0 Å². The van der Waals surface area contributed by atoms with E-state index in [0.717, 1.165) is 6.07 Å². The molecule has 0 heterocycles. The molecule has 0 aliphatic carbocycles. The molecule has 0 saturated carbocycles. The number of esters is 1. The summed E-state index contributed by atoms with van der Waals surface area (Å²) in [6.07, 6.45) is 0.397. The van der Waals surface area contributed by atoms with Crippen LogP contribution in [0.25, 0.3) is 0 Å². The summed E-state index contributed by atoms with van der Waals surface area (Å²) in [7, 11) is -0.779. The number of nitrogens with one attached hydrogen (secondary N) is 2. The number of carbonyl (C=O) groups is 1. The fourth-order valence-electron chi connectivity index (χ4n) is 1.70. The molecule has 0 aromatic heterocycles. The van der Waals surface area contributed by atoms with Crippen molar-refractivity contribution in [3.8, 4) is 0 Å². The molecule has 0 bridgehead atoms. The minimum absolute atomic E-state index is 0. The molecule has 1 aromatic carbocycles. The molecule has 0 saturated heterocycles. The van der Waals surface area contributed by atoms with Gasteiger partial charge >= 0.3 is 5.97 Å². The predicted molar refractivity (Wildman–Crippen MR) is 85.7 cm³/mol. The topological polar surface area (TPSA) is 84.5 Å². The number of benzene rings is 1. The molecular weight excluding hydrogens is 335 g/mol. The first-order chi connectivity index (χ1) is 9.80. The van der Waals surface area contributed by atoms with Gasteiger partial charge in [0, 0.05) is 0 Å². The summed E-state index contributed by atoms with van der Waals surface area (Å²) in [4.78, 5) is 11.7. The molecule has 6 nitrogen and oxygen atoms in total. The highest BCUT2D eigenvalue weighted by atomic mass is 35.5. The van der Waals surface area contributed by atoms with E-state index in [1.54, 1.807) is 7.05 Å². The Balaban J connectivity index is 0.00000441. The fraction of sp³-hybridized carbons (Fsp3) is 0.462. The van der Waals surface area contributed by atoms with Crippen LogP contribution in [-0.2, 0) is 14.8 Å². The zero-order valence-electron chi connectivity index (χ0n) is 12.6. The SMILES string of the molecule is CNCCCS(=O)(=O)Nc1cc(F)c(C)cc1C(=O)OC.Cl. The van der Waals surface area contributed by atoms with E-state index in [9.17, 15) is 17.6 Å². The van der Waals surface area contributed by atoms with E-state index < -0.39 is 21.8 Å². The molecule has 2 N–H and O–H groups in total. The van der Waals surface area contributed by atoms with Crippen molar-refractivity contribution in [2.75, 3.05) is 31.2 Å². The summed E-state index contributed by atoms with van der Waals surface area (Å²) in [5.74, 6) is -1.47. The Morgan fingerprint density at radius 1 is 1.36 bits per heavy atom. The first kappa shape index (κ1) is 20.6. The molecule has 0 radical (unpaired) electrons. The number of hydrogen-bond donors (Lipinski definition) is 2.